The number of hydrogen-bond donors (Lipinski definition) is 3. The summed E-state index contributed by atoms with van der Waals surface area (Å²) in [5, 5.41) is 10.1. The maximum Gasteiger partial charge on any atom is 0.326 e. The molecule has 1 saturated heterocycles. The number of nitrogens with zero attached hydrogens (tertiary/aromatic N) is 1. The highest BCUT2D eigenvalue weighted by Crippen LogP contribution is 2.31. The van der Waals surface area contributed by atoms with Gasteiger partial charge >= 0.3 is 10.2 Å². The smallest absolute Gasteiger partial charge is 0.326 e. The number of sulfonamides is 1. The van der Waals surface area contributed by atoms with Crippen LogP contribution in [0.2, 0.25) is 0 Å². The molecule has 1 aliphatic rings. The average molecular weight is 391 g/mol. The third-order valence-corrected chi connectivity index (χ3v) is 6.49. The van der Waals surface area contributed by atoms with E-state index in [0.29, 0.717) is 18.4 Å². The van der Waals surface area contributed by atoms with Gasteiger partial charge in [-0.3, -0.25) is 4.79 Å². The van der Waals surface area contributed by atoms with Crippen LogP contribution in [-0.4, -0.2) is 46.7 Å². The standard InChI is InChI=1S/C14H21N3O6S2/c1-2-3-8-24(20,21)15-7-6-11-4-5-12(13(18)9-11)17-10-14(19)16-25(17,22)23/h4-5,9,15,18H,2-3,6-8,10H2,1H3,(H,16,19). The molecule has 1 aliphatic heterocycles. The molecule has 1 amide bonds. The third-order valence-electron chi connectivity index (χ3n) is 3.63. The first-order chi connectivity index (χ1) is 11.6. The Labute approximate surface area is 147 Å². The minimum atomic E-state index is -3.99. The molecule has 1 heterocycles. The third kappa shape index (κ3) is 5.06. The number of rotatable bonds is 8. The van der Waals surface area contributed by atoms with Gasteiger partial charge in [0.05, 0.1) is 11.4 Å². The molecule has 11 heteroatoms. The molecule has 0 aliphatic carbocycles. The van der Waals surface area contributed by atoms with Gasteiger partial charge < -0.3 is 5.11 Å². The number of carbonyl (C=O) groups is 1. The molecule has 0 atom stereocenters. The van der Waals surface area contributed by atoms with Crippen molar-refractivity contribution in [2.45, 2.75) is 26.2 Å². The molecule has 0 saturated carbocycles. The Morgan fingerprint density at radius 1 is 1.36 bits per heavy atom. The highest BCUT2D eigenvalue weighted by atomic mass is 32.2. The Kier molecular flexibility index (Phi) is 5.91. The Morgan fingerprint density at radius 2 is 2.08 bits per heavy atom. The Hall–Kier alpha value is -1.85. The molecule has 1 aromatic carbocycles. The number of anilines is 1. The zero-order valence-electron chi connectivity index (χ0n) is 13.7. The van der Waals surface area contributed by atoms with E-state index in [4.69, 9.17) is 0 Å². The van der Waals surface area contributed by atoms with Gasteiger partial charge in [-0.2, -0.15) is 8.42 Å². The van der Waals surface area contributed by atoms with Crippen LogP contribution in [0, 0.1) is 0 Å². The lowest BCUT2D eigenvalue weighted by molar-refractivity contribution is -0.117. The van der Waals surface area contributed by atoms with Crippen LogP contribution in [0.3, 0.4) is 0 Å². The van der Waals surface area contributed by atoms with Crippen LogP contribution in [0.15, 0.2) is 18.2 Å². The molecule has 0 radical (unpaired) electrons. The maximum absolute atomic E-state index is 11.8. The first-order valence-corrected chi connectivity index (χ1v) is 10.9. The van der Waals surface area contributed by atoms with Crippen molar-refractivity contribution in [3.8, 4) is 5.75 Å². The van der Waals surface area contributed by atoms with Gasteiger partial charge in [0.25, 0.3) is 5.91 Å². The number of hydrogen-bond acceptors (Lipinski definition) is 6. The van der Waals surface area contributed by atoms with E-state index in [1.165, 1.54) is 12.1 Å². The van der Waals surface area contributed by atoms with Crippen molar-refractivity contribution in [3.05, 3.63) is 23.8 Å². The predicted octanol–water partition coefficient (Wildman–Crippen LogP) is -0.165. The zero-order valence-corrected chi connectivity index (χ0v) is 15.4. The van der Waals surface area contributed by atoms with Gasteiger partial charge in [0.2, 0.25) is 10.0 Å². The monoisotopic (exact) mass is 391 g/mol. The number of phenols is 1. The second kappa shape index (κ2) is 7.58. The fourth-order valence-corrected chi connectivity index (χ4v) is 4.74. The van der Waals surface area contributed by atoms with Gasteiger partial charge in [0.15, 0.2) is 0 Å². The summed E-state index contributed by atoms with van der Waals surface area (Å²) in [6.45, 7) is 1.68. The van der Waals surface area contributed by atoms with E-state index in [1.54, 1.807) is 6.07 Å². The molecule has 0 spiro atoms. The fourth-order valence-electron chi connectivity index (χ4n) is 2.35. The van der Waals surface area contributed by atoms with E-state index >= 15 is 0 Å². The van der Waals surface area contributed by atoms with Crippen LogP contribution in [0.5, 0.6) is 5.75 Å². The predicted molar refractivity (Wildman–Crippen MR) is 92.9 cm³/mol. The van der Waals surface area contributed by atoms with Gasteiger partial charge in [-0.15, -0.1) is 0 Å². The Morgan fingerprint density at radius 3 is 2.64 bits per heavy atom. The van der Waals surface area contributed by atoms with Crippen molar-refractivity contribution < 1.29 is 26.7 Å². The van der Waals surface area contributed by atoms with Crippen LogP contribution in [0.4, 0.5) is 5.69 Å². The molecule has 140 valence electrons. The number of phenolic OH excluding ortho intramolecular Hbond substituents is 1. The molecule has 1 aromatic rings. The number of carbonyl (C=O) groups excluding carboxylic acids is 1. The minimum Gasteiger partial charge on any atom is -0.506 e. The normalized spacial score (nSPS) is 16.8. The molecule has 9 nitrogen and oxygen atoms in total. The van der Waals surface area contributed by atoms with Crippen molar-refractivity contribution in [2.24, 2.45) is 0 Å². The number of unbranched alkanes of at least 4 members (excludes halogenated alkanes) is 1. The first-order valence-electron chi connectivity index (χ1n) is 7.77. The number of aromatic hydroxyl groups is 1. The summed E-state index contributed by atoms with van der Waals surface area (Å²) in [6.07, 6.45) is 1.71. The van der Waals surface area contributed by atoms with E-state index in [-0.39, 0.29) is 23.7 Å². The quantitative estimate of drug-likeness (QED) is 0.564. The molecular formula is C14H21N3O6S2. The average Bonchev–Trinajstić information content (AvgIpc) is 2.78. The summed E-state index contributed by atoms with van der Waals surface area (Å²) < 4.78 is 52.1. The van der Waals surface area contributed by atoms with Gasteiger partial charge in [-0.1, -0.05) is 19.4 Å². The molecule has 0 unspecified atom stereocenters. The van der Waals surface area contributed by atoms with E-state index < -0.39 is 32.7 Å². The number of amides is 1. The molecule has 25 heavy (non-hydrogen) atoms. The topological polar surface area (TPSA) is 133 Å². The van der Waals surface area contributed by atoms with Crippen LogP contribution < -0.4 is 13.7 Å². The Balaban J connectivity index is 2.02. The van der Waals surface area contributed by atoms with Crippen LogP contribution >= 0.6 is 0 Å². The van der Waals surface area contributed by atoms with E-state index in [0.717, 1.165) is 10.7 Å². The molecule has 0 bridgehead atoms. The molecular weight excluding hydrogens is 370 g/mol. The second-order valence-corrected chi connectivity index (χ2v) is 9.20. The Bertz CT molecular complexity index is 851. The van der Waals surface area contributed by atoms with E-state index in [9.17, 15) is 26.7 Å². The minimum absolute atomic E-state index is 0.00868. The molecule has 3 N–H and O–H groups in total. The summed E-state index contributed by atoms with van der Waals surface area (Å²) in [7, 11) is -7.30. The lowest BCUT2D eigenvalue weighted by Gasteiger charge is -2.16. The lowest BCUT2D eigenvalue weighted by atomic mass is 10.1. The van der Waals surface area contributed by atoms with Gasteiger partial charge in [-0.05, 0) is 30.5 Å². The SMILES string of the molecule is CCCCS(=O)(=O)NCCc1ccc(N2CC(=O)NS2(=O)=O)c(O)c1. The number of benzene rings is 1. The van der Waals surface area contributed by atoms with Crippen molar-refractivity contribution in [3.63, 3.8) is 0 Å². The fraction of sp³-hybridized carbons (Fsp3) is 0.500. The zero-order chi connectivity index (χ0) is 18.7. The summed E-state index contributed by atoms with van der Waals surface area (Å²) >= 11 is 0. The van der Waals surface area contributed by atoms with Crippen LogP contribution in [-0.2, 0) is 31.4 Å². The second-order valence-electron chi connectivity index (χ2n) is 5.68. The molecule has 2 rings (SSSR count). The van der Waals surface area contributed by atoms with E-state index in [1.807, 2.05) is 11.6 Å². The highest BCUT2D eigenvalue weighted by molar-refractivity contribution is 7.92. The van der Waals surface area contributed by atoms with Gasteiger partial charge in [0, 0.05) is 6.54 Å². The number of nitrogens with one attached hydrogen (secondary N) is 2. The van der Waals surface area contributed by atoms with Crippen LogP contribution in [0.25, 0.3) is 0 Å². The van der Waals surface area contributed by atoms with Crippen molar-refractivity contribution in [2.75, 3.05) is 23.1 Å². The van der Waals surface area contributed by atoms with Crippen molar-refractivity contribution in [1.82, 2.24) is 9.44 Å². The van der Waals surface area contributed by atoms with Gasteiger partial charge in [-0.25, -0.2) is 22.2 Å². The molecule has 0 aromatic heterocycles. The lowest BCUT2D eigenvalue weighted by Crippen LogP contribution is -2.29. The first kappa shape index (κ1) is 19.5. The highest BCUT2D eigenvalue weighted by Gasteiger charge is 2.35. The summed E-state index contributed by atoms with van der Waals surface area (Å²) in [5.74, 6) is -0.905. The molecule has 1 fully saturated rings. The van der Waals surface area contributed by atoms with Crippen molar-refractivity contribution >= 4 is 31.8 Å². The summed E-state index contributed by atoms with van der Waals surface area (Å²) in [5.41, 5.74) is 0.626. The van der Waals surface area contributed by atoms with E-state index in [2.05, 4.69) is 4.72 Å². The van der Waals surface area contributed by atoms with Crippen molar-refractivity contribution in [1.29, 1.82) is 0 Å². The van der Waals surface area contributed by atoms with Crippen LogP contribution in [0.1, 0.15) is 25.3 Å². The largest absolute Gasteiger partial charge is 0.506 e. The summed E-state index contributed by atoms with van der Waals surface area (Å²) in [6, 6.07) is 4.32. The summed E-state index contributed by atoms with van der Waals surface area (Å²) in [4.78, 5) is 11.3. The maximum atomic E-state index is 11.8. The van der Waals surface area contributed by atoms with Gasteiger partial charge in [0.1, 0.15) is 12.3 Å².